The summed E-state index contributed by atoms with van der Waals surface area (Å²) in [5.74, 6) is -4.11. The Balaban J connectivity index is 0.000000286. The van der Waals surface area contributed by atoms with Crippen molar-refractivity contribution in [2.24, 2.45) is 11.7 Å². The van der Waals surface area contributed by atoms with Gasteiger partial charge in [0.25, 0.3) is 0 Å². The number of pyridine rings is 1. The van der Waals surface area contributed by atoms with Gasteiger partial charge in [-0.15, -0.1) is 11.3 Å². The Labute approximate surface area is 209 Å². The number of alkyl halides is 6. The number of carboxylic acids is 2. The molecule has 16 heteroatoms. The zero-order chi connectivity index (χ0) is 28.1. The van der Waals surface area contributed by atoms with Crippen LogP contribution in [0.4, 0.5) is 26.3 Å². The number of aliphatic hydroxyl groups excluding tert-OH is 1. The van der Waals surface area contributed by atoms with Crippen LogP contribution in [0.25, 0.3) is 21.3 Å². The number of aliphatic carboxylic acids is 2. The van der Waals surface area contributed by atoms with Gasteiger partial charge in [0.1, 0.15) is 17.4 Å². The third-order valence-corrected chi connectivity index (χ3v) is 6.43. The summed E-state index contributed by atoms with van der Waals surface area (Å²) in [5.41, 5.74) is 8.86. The smallest absolute Gasteiger partial charge is 0.475 e. The first-order chi connectivity index (χ1) is 17.1. The zero-order valence-corrected chi connectivity index (χ0v) is 20.1. The summed E-state index contributed by atoms with van der Waals surface area (Å²) in [7, 11) is 0. The van der Waals surface area contributed by atoms with Gasteiger partial charge in [-0.2, -0.15) is 26.3 Å². The van der Waals surface area contributed by atoms with Gasteiger partial charge in [-0.25, -0.2) is 14.6 Å². The highest BCUT2D eigenvalue weighted by Gasteiger charge is 2.39. The van der Waals surface area contributed by atoms with Crippen molar-refractivity contribution in [3.05, 3.63) is 23.5 Å². The molecule has 5 N–H and O–H groups in total. The molecule has 0 saturated heterocycles. The van der Waals surface area contributed by atoms with Crippen molar-refractivity contribution in [3.8, 4) is 0 Å². The monoisotopic (exact) mass is 558 g/mol. The van der Waals surface area contributed by atoms with E-state index in [0.29, 0.717) is 12.0 Å². The van der Waals surface area contributed by atoms with Gasteiger partial charge in [-0.05, 0) is 56.5 Å². The van der Waals surface area contributed by atoms with Crippen LogP contribution in [0, 0.1) is 5.92 Å². The van der Waals surface area contributed by atoms with E-state index in [0.717, 1.165) is 54.6 Å². The van der Waals surface area contributed by atoms with Crippen LogP contribution in [0.15, 0.2) is 17.6 Å². The number of fused-ring (bicyclic) bond motifs is 3. The molecular formula is C21H24F6N4O5S. The first-order valence-corrected chi connectivity index (χ1v) is 11.7. The van der Waals surface area contributed by atoms with E-state index in [-0.39, 0.29) is 0 Å². The molecule has 0 unspecified atom stereocenters. The molecule has 206 valence electrons. The van der Waals surface area contributed by atoms with Gasteiger partial charge >= 0.3 is 24.3 Å². The van der Waals surface area contributed by atoms with E-state index in [1.165, 1.54) is 4.70 Å². The lowest BCUT2D eigenvalue weighted by molar-refractivity contribution is -0.193. The highest BCUT2D eigenvalue weighted by atomic mass is 32.1. The Morgan fingerprint density at radius 2 is 1.59 bits per heavy atom. The zero-order valence-electron chi connectivity index (χ0n) is 19.3. The van der Waals surface area contributed by atoms with Crippen LogP contribution in [-0.2, 0) is 9.59 Å². The van der Waals surface area contributed by atoms with Crippen molar-refractivity contribution in [1.82, 2.24) is 14.5 Å². The van der Waals surface area contributed by atoms with Crippen molar-refractivity contribution in [3.63, 3.8) is 0 Å². The minimum Gasteiger partial charge on any atom is -0.475 e. The number of imidazole rings is 1. The maximum atomic E-state index is 10.6. The van der Waals surface area contributed by atoms with E-state index in [9.17, 15) is 31.4 Å². The third kappa shape index (κ3) is 7.75. The number of aromatic nitrogens is 3. The molecule has 0 aromatic carbocycles. The second kappa shape index (κ2) is 12.0. The summed E-state index contributed by atoms with van der Waals surface area (Å²) in [4.78, 5) is 27.0. The summed E-state index contributed by atoms with van der Waals surface area (Å²) < 4.78 is 66.9. The number of halogens is 6. The molecule has 0 spiro atoms. The molecule has 0 radical (unpaired) electrons. The minimum atomic E-state index is -5.08. The third-order valence-electron chi connectivity index (χ3n) is 5.52. The molecule has 1 aliphatic rings. The van der Waals surface area contributed by atoms with E-state index in [1.54, 1.807) is 18.3 Å². The van der Waals surface area contributed by atoms with Crippen molar-refractivity contribution < 1.29 is 51.3 Å². The summed E-state index contributed by atoms with van der Waals surface area (Å²) in [6.45, 7) is 2.57. The van der Waals surface area contributed by atoms with E-state index < -0.39 is 30.4 Å². The number of rotatable bonds is 3. The van der Waals surface area contributed by atoms with Crippen molar-refractivity contribution in [2.45, 2.75) is 57.1 Å². The summed E-state index contributed by atoms with van der Waals surface area (Å²) in [6.07, 6.45) is -4.41. The first-order valence-electron chi connectivity index (χ1n) is 10.8. The number of aliphatic hydroxyl groups is 1. The average Bonchev–Trinajstić information content (AvgIpc) is 3.43. The lowest BCUT2D eigenvalue weighted by Gasteiger charge is -2.30. The Bertz CT molecular complexity index is 1190. The number of carboxylic acid groups (broad SMARTS) is 2. The van der Waals surface area contributed by atoms with Crippen LogP contribution in [0.1, 0.15) is 50.6 Å². The SMILES string of the molecule is C[C@@H](O)c1nc2cnc3ccsc3c2n1C1CCC(CN)CC1.O=C(O)C(F)(F)F.O=C(O)C(F)(F)F. The fourth-order valence-electron chi connectivity index (χ4n) is 3.80. The van der Waals surface area contributed by atoms with Gasteiger partial charge in [-0.3, -0.25) is 4.98 Å². The fraction of sp³-hybridized carbons (Fsp3) is 0.524. The average molecular weight is 559 g/mol. The van der Waals surface area contributed by atoms with Crippen LogP contribution in [0.5, 0.6) is 0 Å². The summed E-state index contributed by atoms with van der Waals surface area (Å²) in [5, 5.41) is 26.6. The quantitative estimate of drug-likeness (QED) is 0.339. The second-order valence-electron chi connectivity index (χ2n) is 8.16. The topological polar surface area (TPSA) is 152 Å². The van der Waals surface area contributed by atoms with Crippen LogP contribution >= 0.6 is 11.3 Å². The van der Waals surface area contributed by atoms with Crippen LogP contribution in [0.2, 0.25) is 0 Å². The van der Waals surface area contributed by atoms with E-state index in [4.69, 9.17) is 25.5 Å². The van der Waals surface area contributed by atoms with Crippen LogP contribution in [0.3, 0.4) is 0 Å². The van der Waals surface area contributed by atoms with Gasteiger partial charge in [0.2, 0.25) is 0 Å². The molecule has 0 amide bonds. The lowest BCUT2D eigenvalue weighted by atomic mass is 9.86. The normalized spacial score (nSPS) is 18.9. The minimum absolute atomic E-state index is 0.389. The molecule has 3 aromatic heterocycles. The number of carbonyl (C=O) groups is 2. The molecular weight excluding hydrogens is 534 g/mol. The predicted octanol–water partition coefficient (Wildman–Crippen LogP) is 4.66. The maximum absolute atomic E-state index is 10.6. The predicted molar refractivity (Wildman–Crippen MR) is 121 cm³/mol. The molecule has 1 atom stereocenters. The summed E-state index contributed by atoms with van der Waals surface area (Å²) in [6, 6.07) is 2.43. The van der Waals surface area contributed by atoms with Crippen LogP contribution in [-0.4, -0.2) is 60.7 Å². The van der Waals surface area contributed by atoms with E-state index in [1.807, 2.05) is 12.3 Å². The Morgan fingerprint density at radius 3 is 2.03 bits per heavy atom. The molecule has 9 nitrogen and oxygen atoms in total. The van der Waals surface area contributed by atoms with Crippen molar-refractivity contribution >= 4 is 44.5 Å². The Morgan fingerprint density at radius 1 is 1.08 bits per heavy atom. The number of hydrogen-bond donors (Lipinski definition) is 4. The molecule has 1 aliphatic carbocycles. The Kier molecular flexibility index (Phi) is 9.84. The van der Waals surface area contributed by atoms with Crippen molar-refractivity contribution in [1.29, 1.82) is 0 Å². The number of nitrogens with two attached hydrogens (primary N) is 1. The molecule has 4 rings (SSSR count). The maximum Gasteiger partial charge on any atom is 0.490 e. The molecule has 1 saturated carbocycles. The Hall–Kier alpha value is -2.98. The molecule has 1 fully saturated rings. The summed E-state index contributed by atoms with van der Waals surface area (Å²) >= 11 is 1.70. The highest BCUT2D eigenvalue weighted by Crippen LogP contribution is 2.39. The fourth-order valence-corrected chi connectivity index (χ4v) is 4.69. The van der Waals surface area contributed by atoms with Gasteiger partial charge < -0.3 is 25.6 Å². The number of nitrogens with zero attached hydrogens (tertiary/aromatic N) is 3. The standard InChI is InChI=1S/C17H22N4OS.2C2HF3O2/c1-10(22)17-20-14-9-19-13-6-7-23-16(13)15(14)21(17)12-4-2-11(8-18)3-5-12;2*3-2(4,5)1(6)7/h6-7,9-12,22H,2-5,8,18H2,1H3;2*(H,6,7)/t10-,11?,12?;;/m1../s1. The van der Waals surface area contributed by atoms with Gasteiger partial charge in [-0.1, -0.05) is 0 Å². The molecule has 3 aromatic rings. The van der Waals surface area contributed by atoms with E-state index in [2.05, 4.69) is 19.9 Å². The first kappa shape index (κ1) is 30.2. The molecule has 0 bridgehead atoms. The number of hydrogen-bond acceptors (Lipinski definition) is 7. The molecule has 3 heterocycles. The van der Waals surface area contributed by atoms with Gasteiger partial charge in [0.05, 0.1) is 21.9 Å². The van der Waals surface area contributed by atoms with E-state index >= 15 is 0 Å². The lowest BCUT2D eigenvalue weighted by Crippen LogP contribution is -2.24. The van der Waals surface area contributed by atoms with Gasteiger partial charge in [0.15, 0.2) is 0 Å². The molecule has 37 heavy (non-hydrogen) atoms. The van der Waals surface area contributed by atoms with Crippen molar-refractivity contribution in [2.75, 3.05) is 6.54 Å². The van der Waals surface area contributed by atoms with Crippen LogP contribution < -0.4 is 5.73 Å². The number of thiophene rings is 1. The second-order valence-corrected chi connectivity index (χ2v) is 9.08. The molecule has 0 aliphatic heterocycles. The largest absolute Gasteiger partial charge is 0.490 e. The van der Waals surface area contributed by atoms with Gasteiger partial charge in [0, 0.05) is 6.04 Å². The highest BCUT2D eigenvalue weighted by molar-refractivity contribution is 7.18.